The van der Waals surface area contributed by atoms with Crippen molar-refractivity contribution in [2.24, 2.45) is 11.8 Å². The number of morpholine rings is 1. The second-order valence-corrected chi connectivity index (χ2v) is 16.2. The number of phenolic OH excluding ortho intramolecular Hbond substituents is 3. The van der Waals surface area contributed by atoms with Gasteiger partial charge in [-0.25, -0.2) is 0 Å². The average Bonchev–Trinajstić information content (AvgIpc) is 3.17. The summed E-state index contributed by atoms with van der Waals surface area (Å²) in [5.74, 6) is 1.13. The first-order valence-corrected chi connectivity index (χ1v) is 19.3. The van der Waals surface area contributed by atoms with E-state index in [2.05, 4.69) is 78.8 Å². The van der Waals surface area contributed by atoms with Crippen LogP contribution in [0.5, 0.6) is 17.2 Å². The largest absolute Gasteiger partial charge is 0.508 e. The van der Waals surface area contributed by atoms with Gasteiger partial charge in [0.2, 0.25) is 0 Å². The molecule has 6 atom stereocenters. The molecule has 53 heavy (non-hydrogen) atoms. The molecule has 280 valence electrons. The maximum absolute atomic E-state index is 9.94. The van der Waals surface area contributed by atoms with Crippen LogP contribution in [0, 0.1) is 11.8 Å². The first kappa shape index (κ1) is 35.6. The lowest BCUT2D eigenvalue weighted by Crippen LogP contribution is -2.38. The van der Waals surface area contributed by atoms with E-state index in [1.807, 2.05) is 12.1 Å². The van der Waals surface area contributed by atoms with Crippen molar-refractivity contribution in [2.45, 2.75) is 76.2 Å². The Hall–Kier alpha value is -4.44. The number of hydrogen-bond donors (Lipinski definition) is 5. The lowest BCUT2D eigenvalue weighted by atomic mass is 9.76. The normalized spacial score (nSPS) is 26.3. The van der Waals surface area contributed by atoms with Crippen LogP contribution in [0.3, 0.4) is 0 Å². The van der Waals surface area contributed by atoms with Crippen molar-refractivity contribution in [2.75, 3.05) is 55.1 Å². The highest BCUT2D eigenvalue weighted by molar-refractivity contribution is 5.65. The molecule has 0 spiro atoms. The number of fused-ring (bicyclic) bond motifs is 6. The first-order valence-electron chi connectivity index (χ1n) is 19.3. The van der Waals surface area contributed by atoms with Gasteiger partial charge < -0.3 is 45.1 Å². The van der Waals surface area contributed by atoms with Crippen molar-refractivity contribution >= 4 is 17.1 Å². The SMILES string of the molecule is CC(C)(C)c1ccc2c(c1)C1OCCCC1C(c1cc(O)cc(O)c1)N2.Oc1cccc(C2Nc3ccc(N4CCOCC4)cc3C3OCCCC23)c1. The summed E-state index contributed by atoms with van der Waals surface area (Å²) in [4.78, 5) is 2.39. The summed E-state index contributed by atoms with van der Waals surface area (Å²) in [6.45, 7) is 11.7. The summed E-state index contributed by atoms with van der Waals surface area (Å²) in [6.07, 6.45) is 4.42. The van der Waals surface area contributed by atoms with Gasteiger partial charge in [-0.15, -0.1) is 0 Å². The highest BCUT2D eigenvalue weighted by atomic mass is 16.5. The van der Waals surface area contributed by atoms with E-state index in [-0.39, 0.29) is 47.1 Å². The minimum atomic E-state index is 0.00582. The van der Waals surface area contributed by atoms with Gasteiger partial charge in [0.25, 0.3) is 0 Å². The second-order valence-electron chi connectivity index (χ2n) is 16.2. The van der Waals surface area contributed by atoms with Crippen molar-refractivity contribution in [3.63, 3.8) is 0 Å². The molecule has 9 rings (SSSR count). The molecule has 5 heterocycles. The zero-order chi connectivity index (χ0) is 36.7. The minimum absolute atomic E-state index is 0.00582. The van der Waals surface area contributed by atoms with Gasteiger partial charge in [0.1, 0.15) is 17.2 Å². The van der Waals surface area contributed by atoms with Crippen LogP contribution in [0.25, 0.3) is 0 Å². The zero-order valence-corrected chi connectivity index (χ0v) is 31.1. The number of benzene rings is 4. The van der Waals surface area contributed by atoms with Gasteiger partial charge in [-0.05, 0) is 96.3 Å². The number of aromatic hydroxyl groups is 3. The molecule has 3 saturated heterocycles. The number of ether oxygens (including phenoxy) is 3. The van der Waals surface area contributed by atoms with Crippen LogP contribution < -0.4 is 15.5 Å². The van der Waals surface area contributed by atoms with Gasteiger partial charge in [-0.3, -0.25) is 0 Å². The van der Waals surface area contributed by atoms with Gasteiger partial charge >= 0.3 is 0 Å². The molecule has 0 radical (unpaired) electrons. The first-order chi connectivity index (χ1) is 25.6. The quantitative estimate of drug-likeness (QED) is 0.142. The van der Waals surface area contributed by atoms with E-state index in [1.54, 1.807) is 18.2 Å². The maximum atomic E-state index is 9.94. The Morgan fingerprint density at radius 2 is 1.21 bits per heavy atom. The van der Waals surface area contributed by atoms with E-state index in [9.17, 15) is 15.3 Å². The fourth-order valence-corrected chi connectivity index (χ4v) is 8.99. The standard InChI is InChI=1S/C22H26N2O3.C22H27NO3/c25-17-4-1-3-15(13-17)21-18-5-2-10-27-22(18)19-14-16(6-7-20(19)23-21)24-8-11-26-12-9-24;1-22(2,3)14-6-7-19-18(11-14)21-17(5-4-8-26-21)20(23-19)13-9-15(24)12-16(25)10-13/h1,3-4,6-7,13-14,18,21-23,25H,2,5,8-12H2;6-7,9-12,17,20-21,23-25H,4-5,8H2,1-3H3. The van der Waals surface area contributed by atoms with Gasteiger partial charge in [0, 0.05) is 72.4 Å². The van der Waals surface area contributed by atoms with Crippen molar-refractivity contribution in [1.29, 1.82) is 0 Å². The van der Waals surface area contributed by atoms with E-state index in [0.717, 1.165) is 87.7 Å². The molecule has 6 unspecified atom stereocenters. The lowest BCUT2D eigenvalue weighted by molar-refractivity contribution is -0.0382. The molecule has 5 aliphatic heterocycles. The molecule has 0 bridgehead atoms. The van der Waals surface area contributed by atoms with Crippen molar-refractivity contribution in [3.8, 4) is 17.2 Å². The number of phenols is 3. The molecule has 3 fully saturated rings. The summed E-state index contributed by atoms with van der Waals surface area (Å²) < 4.78 is 18.0. The predicted molar refractivity (Wildman–Crippen MR) is 208 cm³/mol. The van der Waals surface area contributed by atoms with Crippen LogP contribution in [0.1, 0.15) is 98.6 Å². The van der Waals surface area contributed by atoms with E-state index < -0.39 is 0 Å². The Morgan fingerprint density at radius 1 is 0.623 bits per heavy atom. The number of anilines is 3. The van der Waals surface area contributed by atoms with Crippen LogP contribution in [0.2, 0.25) is 0 Å². The monoisotopic (exact) mass is 719 g/mol. The van der Waals surface area contributed by atoms with Gasteiger partial charge in [-0.1, -0.05) is 45.0 Å². The summed E-state index contributed by atoms with van der Waals surface area (Å²) in [5.41, 5.74) is 9.38. The van der Waals surface area contributed by atoms with Gasteiger partial charge in [-0.2, -0.15) is 0 Å². The molecule has 0 saturated carbocycles. The summed E-state index contributed by atoms with van der Waals surface area (Å²) >= 11 is 0. The van der Waals surface area contributed by atoms with Crippen LogP contribution in [-0.2, 0) is 19.6 Å². The average molecular weight is 720 g/mol. The fourth-order valence-electron chi connectivity index (χ4n) is 8.99. The van der Waals surface area contributed by atoms with E-state index in [4.69, 9.17) is 14.2 Å². The van der Waals surface area contributed by atoms with Crippen molar-refractivity contribution in [3.05, 3.63) is 107 Å². The highest BCUT2D eigenvalue weighted by Crippen LogP contribution is 2.52. The molecule has 5 aliphatic rings. The summed E-state index contributed by atoms with van der Waals surface area (Å²) in [6, 6.07) is 25.9. The Balaban J connectivity index is 0.000000151. The van der Waals surface area contributed by atoms with Crippen LogP contribution >= 0.6 is 0 Å². The molecule has 9 nitrogen and oxygen atoms in total. The van der Waals surface area contributed by atoms with E-state index >= 15 is 0 Å². The molecule has 0 aromatic heterocycles. The molecule has 4 aromatic carbocycles. The lowest BCUT2D eigenvalue weighted by Gasteiger charge is -2.44. The number of nitrogens with zero attached hydrogens (tertiary/aromatic N) is 1. The van der Waals surface area contributed by atoms with Gasteiger partial charge in [0.05, 0.1) is 37.5 Å². The zero-order valence-electron chi connectivity index (χ0n) is 31.1. The van der Waals surface area contributed by atoms with Crippen LogP contribution in [0.4, 0.5) is 17.1 Å². The predicted octanol–water partition coefficient (Wildman–Crippen LogP) is 8.89. The molecular formula is C44H53N3O6. The maximum Gasteiger partial charge on any atom is 0.119 e. The van der Waals surface area contributed by atoms with Gasteiger partial charge in [0.15, 0.2) is 0 Å². The smallest absolute Gasteiger partial charge is 0.119 e. The summed E-state index contributed by atoms with van der Waals surface area (Å²) in [7, 11) is 0. The third-order valence-corrected chi connectivity index (χ3v) is 11.7. The highest BCUT2D eigenvalue weighted by Gasteiger charge is 2.42. The molecule has 0 amide bonds. The molecular weight excluding hydrogens is 666 g/mol. The van der Waals surface area contributed by atoms with E-state index in [1.165, 1.54) is 28.4 Å². The number of hydrogen-bond acceptors (Lipinski definition) is 9. The van der Waals surface area contributed by atoms with Crippen molar-refractivity contribution in [1.82, 2.24) is 0 Å². The van der Waals surface area contributed by atoms with Crippen molar-refractivity contribution < 1.29 is 29.5 Å². The Labute approximate surface area is 312 Å². The number of nitrogens with one attached hydrogen (secondary N) is 2. The fraction of sp³-hybridized carbons (Fsp3) is 0.455. The molecule has 0 aliphatic carbocycles. The Bertz CT molecular complexity index is 1900. The second kappa shape index (κ2) is 14.8. The minimum Gasteiger partial charge on any atom is -0.508 e. The number of rotatable bonds is 3. The third-order valence-electron chi connectivity index (χ3n) is 11.7. The summed E-state index contributed by atoms with van der Waals surface area (Å²) in [5, 5.41) is 37.2. The molecule has 5 N–H and O–H groups in total. The third kappa shape index (κ3) is 7.39. The van der Waals surface area contributed by atoms with Crippen LogP contribution in [0.15, 0.2) is 78.9 Å². The molecule has 4 aromatic rings. The molecule has 9 heteroatoms. The van der Waals surface area contributed by atoms with E-state index in [0.29, 0.717) is 11.7 Å². The Kier molecular flexibility index (Phi) is 9.91. The Morgan fingerprint density at radius 3 is 1.83 bits per heavy atom. The van der Waals surface area contributed by atoms with Crippen LogP contribution in [-0.4, -0.2) is 54.8 Å². The topological polar surface area (TPSA) is 116 Å².